The minimum atomic E-state index is -3.50. The van der Waals surface area contributed by atoms with E-state index in [4.69, 9.17) is 0 Å². The van der Waals surface area contributed by atoms with Crippen LogP contribution in [0.2, 0.25) is 0 Å². The Balaban J connectivity index is 1.69. The molecule has 0 bridgehead atoms. The normalized spacial score (nSPS) is 11.2. The molecule has 3 N–H and O–H groups in total. The molecule has 3 rings (SSSR count). The van der Waals surface area contributed by atoms with Gasteiger partial charge in [0.05, 0.1) is 4.90 Å². The van der Waals surface area contributed by atoms with Gasteiger partial charge in [0.2, 0.25) is 10.0 Å². The van der Waals surface area contributed by atoms with E-state index in [1.165, 1.54) is 25.2 Å². The van der Waals surface area contributed by atoms with Crippen LogP contribution in [0, 0.1) is 0 Å². The first-order valence-electron chi connectivity index (χ1n) is 8.50. The van der Waals surface area contributed by atoms with Crippen molar-refractivity contribution in [2.24, 2.45) is 0 Å². The number of hydrogen-bond acceptors (Lipinski definition) is 4. The third-order valence-corrected chi connectivity index (χ3v) is 5.62. The average Bonchev–Trinajstić information content (AvgIpc) is 2.73. The minimum absolute atomic E-state index is 0.00839. The van der Waals surface area contributed by atoms with Crippen LogP contribution in [0.4, 0.5) is 0 Å². The van der Waals surface area contributed by atoms with Crippen LogP contribution in [-0.4, -0.2) is 26.4 Å². The van der Waals surface area contributed by atoms with Crippen LogP contribution < -0.4 is 15.6 Å². The van der Waals surface area contributed by atoms with E-state index in [0.717, 1.165) is 5.56 Å². The Labute approximate surface area is 162 Å². The van der Waals surface area contributed by atoms with Gasteiger partial charge in [-0.25, -0.2) is 13.1 Å². The molecule has 1 aromatic heterocycles. The lowest BCUT2D eigenvalue weighted by Crippen LogP contribution is -2.29. The van der Waals surface area contributed by atoms with Crippen molar-refractivity contribution in [3.8, 4) is 11.3 Å². The summed E-state index contributed by atoms with van der Waals surface area (Å²) in [4.78, 5) is 27.4. The molecule has 0 aliphatic heterocycles. The van der Waals surface area contributed by atoms with E-state index in [-0.39, 0.29) is 17.0 Å². The van der Waals surface area contributed by atoms with E-state index in [2.05, 4.69) is 15.0 Å². The molecule has 3 aromatic rings. The summed E-state index contributed by atoms with van der Waals surface area (Å²) in [7, 11) is -2.17. The number of H-pyrrole nitrogens is 1. The Morgan fingerprint density at radius 1 is 0.964 bits per heavy atom. The van der Waals surface area contributed by atoms with Gasteiger partial charge in [0.1, 0.15) is 5.56 Å². The molecule has 0 unspecified atom stereocenters. The smallest absolute Gasteiger partial charge is 0.261 e. The maximum absolute atomic E-state index is 12.3. The Kier molecular flexibility index (Phi) is 5.72. The number of aromatic nitrogens is 1. The number of carbonyl (C=O) groups excluding carboxylic acids is 1. The van der Waals surface area contributed by atoms with E-state index in [1.807, 2.05) is 30.3 Å². The van der Waals surface area contributed by atoms with Gasteiger partial charge in [-0.1, -0.05) is 42.5 Å². The van der Waals surface area contributed by atoms with Crippen molar-refractivity contribution in [2.75, 3.05) is 7.05 Å². The zero-order chi connectivity index (χ0) is 20.1. The van der Waals surface area contributed by atoms with Crippen molar-refractivity contribution in [2.45, 2.75) is 11.4 Å². The Hall–Kier alpha value is -3.23. The Morgan fingerprint density at radius 3 is 2.25 bits per heavy atom. The number of sulfonamides is 1. The highest BCUT2D eigenvalue weighted by Crippen LogP contribution is 2.15. The van der Waals surface area contributed by atoms with Gasteiger partial charge in [0.25, 0.3) is 11.5 Å². The van der Waals surface area contributed by atoms with Crippen LogP contribution in [0.1, 0.15) is 15.9 Å². The predicted molar refractivity (Wildman–Crippen MR) is 106 cm³/mol. The molecule has 8 heteroatoms. The molecule has 144 valence electrons. The summed E-state index contributed by atoms with van der Waals surface area (Å²) in [5.74, 6) is -0.507. The quantitative estimate of drug-likeness (QED) is 0.590. The standard InChI is InChI=1S/C20H19N3O4S/c1-21-28(26,27)16-9-7-14(8-10-16)13-22-19(24)17-11-12-18(23-20(17)25)15-5-3-2-4-6-15/h2-12,21H,13H2,1H3,(H,22,24)(H,23,25). The van der Waals surface area contributed by atoms with Crippen LogP contribution in [0.5, 0.6) is 0 Å². The van der Waals surface area contributed by atoms with Crippen LogP contribution >= 0.6 is 0 Å². The van der Waals surface area contributed by atoms with Crippen molar-refractivity contribution in [3.05, 3.63) is 88.2 Å². The summed E-state index contributed by atoms with van der Waals surface area (Å²) in [6.07, 6.45) is 0. The highest BCUT2D eigenvalue weighted by atomic mass is 32.2. The number of pyridine rings is 1. The number of hydrogen-bond donors (Lipinski definition) is 3. The van der Waals surface area contributed by atoms with Crippen LogP contribution in [0.15, 0.2) is 76.4 Å². The lowest BCUT2D eigenvalue weighted by atomic mass is 10.1. The second kappa shape index (κ2) is 8.20. The van der Waals surface area contributed by atoms with Gasteiger partial charge in [-0.3, -0.25) is 9.59 Å². The fraction of sp³-hybridized carbons (Fsp3) is 0.100. The molecule has 0 fully saturated rings. The van der Waals surface area contributed by atoms with E-state index >= 15 is 0 Å². The van der Waals surface area contributed by atoms with E-state index in [9.17, 15) is 18.0 Å². The first-order valence-corrected chi connectivity index (χ1v) is 9.98. The van der Waals surface area contributed by atoms with Gasteiger partial charge in [0.15, 0.2) is 0 Å². The molecule has 28 heavy (non-hydrogen) atoms. The Morgan fingerprint density at radius 2 is 1.64 bits per heavy atom. The van der Waals surface area contributed by atoms with Crippen LogP contribution in [0.3, 0.4) is 0 Å². The third kappa shape index (κ3) is 4.36. The van der Waals surface area contributed by atoms with E-state index < -0.39 is 21.5 Å². The summed E-state index contributed by atoms with van der Waals surface area (Å²) < 4.78 is 25.7. The fourth-order valence-electron chi connectivity index (χ4n) is 2.62. The molecule has 1 heterocycles. The first-order chi connectivity index (χ1) is 13.4. The lowest BCUT2D eigenvalue weighted by molar-refractivity contribution is 0.0949. The molecular formula is C20H19N3O4S. The lowest BCUT2D eigenvalue weighted by Gasteiger charge is -2.07. The number of aromatic amines is 1. The molecule has 0 atom stereocenters. The second-order valence-electron chi connectivity index (χ2n) is 6.02. The fourth-order valence-corrected chi connectivity index (χ4v) is 3.35. The van der Waals surface area contributed by atoms with Gasteiger partial charge < -0.3 is 10.3 Å². The van der Waals surface area contributed by atoms with E-state index in [1.54, 1.807) is 18.2 Å². The number of benzene rings is 2. The topological polar surface area (TPSA) is 108 Å². The van der Waals surface area contributed by atoms with Crippen LogP contribution in [-0.2, 0) is 16.6 Å². The van der Waals surface area contributed by atoms with Gasteiger partial charge in [-0.15, -0.1) is 0 Å². The third-order valence-electron chi connectivity index (χ3n) is 4.19. The highest BCUT2D eigenvalue weighted by molar-refractivity contribution is 7.89. The molecular weight excluding hydrogens is 378 g/mol. The average molecular weight is 397 g/mol. The maximum Gasteiger partial charge on any atom is 0.261 e. The number of amides is 1. The molecule has 0 saturated carbocycles. The van der Waals surface area contributed by atoms with Crippen molar-refractivity contribution < 1.29 is 13.2 Å². The Bertz CT molecular complexity index is 1140. The maximum atomic E-state index is 12.3. The summed E-state index contributed by atoms with van der Waals surface area (Å²) in [5.41, 5.74) is 1.72. The zero-order valence-corrected chi connectivity index (χ0v) is 15.9. The minimum Gasteiger partial charge on any atom is -0.348 e. The van der Waals surface area contributed by atoms with Crippen molar-refractivity contribution in [1.82, 2.24) is 15.0 Å². The summed E-state index contributed by atoms with van der Waals surface area (Å²) >= 11 is 0. The summed E-state index contributed by atoms with van der Waals surface area (Å²) in [6, 6.07) is 18.6. The van der Waals surface area contributed by atoms with Crippen molar-refractivity contribution in [3.63, 3.8) is 0 Å². The molecule has 0 radical (unpaired) electrons. The first kappa shape index (κ1) is 19.5. The number of rotatable bonds is 6. The molecule has 2 aromatic carbocycles. The SMILES string of the molecule is CNS(=O)(=O)c1ccc(CNC(=O)c2ccc(-c3ccccc3)[nH]c2=O)cc1. The highest BCUT2D eigenvalue weighted by Gasteiger charge is 2.13. The molecule has 1 amide bonds. The predicted octanol–water partition coefficient (Wildman–Crippen LogP) is 1.88. The van der Waals surface area contributed by atoms with Crippen molar-refractivity contribution in [1.29, 1.82) is 0 Å². The van der Waals surface area contributed by atoms with Gasteiger partial charge in [-0.2, -0.15) is 0 Å². The van der Waals surface area contributed by atoms with Crippen LogP contribution in [0.25, 0.3) is 11.3 Å². The second-order valence-corrected chi connectivity index (χ2v) is 7.90. The van der Waals surface area contributed by atoms with Gasteiger partial charge in [0, 0.05) is 12.2 Å². The molecule has 7 nitrogen and oxygen atoms in total. The molecule has 0 aliphatic rings. The summed E-state index contributed by atoms with van der Waals surface area (Å²) in [5, 5.41) is 2.66. The molecule has 0 spiro atoms. The number of carbonyl (C=O) groups is 1. The van der Waals surface area contributed by atoms with Gasteiger partial charge in [-0.05, 0) is 42.4 Å². The molecule has 0 aliphatic carbocycles. The summed E-state index contributed by atoms with van der Waals surface area (Å²) in [6.45, 7) is 0.165. The zero-order valence-electron chi connectivity index (χ0n) is 15.1. The monoisotopic (exact) mass is 397 g/mol. The van der Waals surface area contributed by atoms with Gasteiger partial charge >= 0.3 is 0 Å². The molecule has 0 saturated heterocycles. The number of nitrogens with one attached hydrogen (secondary N) is 3. The van der Waals surface area contributed by atoms with E-state index in [0.29, 0.717) is 11.3 Å². The largest absolute Gasteiger partial charge is 0.348 e. The van der Waals surface area contributed by atoms with Crippen molar-refractivity contribution >= 4 is 15.9 Å².